The van der Waals surface area contributed by atoms with Crippen LogP contribution in [0, 0.1) is 40.4 Å². The molecule has 0 aromatic rings. The molecule has 30 heavy (non-hydrogen) atoms. The first-order chi connectivity index (χ1) is 14.1. The summed E-state index contributed by atoms with van der Waals surface area (Å²) in [5, 5.41) is 0. The van der Waals surface area contributed by atoms with Gasteiger partial charge in [-0.25, -0.2) is 4.79 Å². The van der Waals surface area contributed by atoms with Gasteiger partial charge in [0.15, 0.2) is 6.61 Å². The van der Waals surface area contributed by atoms with Gasteiger partial charge in [-0.1, -0.05) is 34.1 Å². The average molecular weight is 421 g/mol. The van der Waals surface area contributed by atoms with Crippen LogP contribution in [0.3, 0.4) is 0 Å². The van der Waals surface area contributed by atoms with E-state index in [1.165, 1.54) is 32.1 Å². The van der Waals surface area contributed by atoms with Gasteiger partial charge >= 0.3 is 11.9 Å². The summed E-state index contributed by atoms with van der Waals surface area (Å²) < 4.78 is 10.8. The summed E-state index contributed by atoms with van der Waals surface area (Å²) in [5.74, 6) is 2.92. The number of ether oxygens (including phenoxy) is 2. The first-order valence-corrected chi connectivity index (χ1v) is 12.5. The van der Waals surface area contributed by atoms with Crippen LogP contribution in [0.2, 0.25) is 0 Å². The quantitative estimate of drug-likeness (QED) is 0.482. The lowest BCUT2D eigenvalue weighted by molar-refractivity contribution is -0.183. The van der Waals surface area contributed by atoms with Crippen LogP contribution >= 0.6 is 0 Å². The van der Waals surface area contributed by atoms with Gasteiger partial charge in [-0.05, 0) is 100 Å². The van der Waals surface area contributed by atoms with Crippen molar-refractivity contribution in [2.75, 3.05) is 6.61 Å². The number of fused-ring (bicyclic) bond motifs is 3. The van der Waals surface area contributed by atoms with Crippen LogP contribution in [0.25, 0.3) is 0 Å². The fraction of sp³-hybridized carbons (Fsp3) is 0.923. The van der Waals surface area contributed by atoms with E-state index in [2.05, 4.69) is 27.7 Å². The summed E-state index contributed by atoms with van der Waals surface area (Å²) in [6.45, 7) is 12.9. The number of hydrogen-bond donors (Lipinski definition) is 0. The highest BCUT2D eigenvalue weighted by atomic mass is 16.6. The SMILES string of the molecule is CCC(C)OC(=O)COC(=O)[C@]1(C)CCC[C@@]2(C)C1CCC1CC(C(C)C)CC[C@@H]12. The summed E-state index contributed by atoms with van der Waals surface area (Å²) in [6.07, 6.45) is 10.2. The normalized spacial score (nSPS) is 39.6. The number of rotatable bonds is 6. The zero-order valence-electron chi connectivity index (χ0n) is 20.2. The van der Waals surface area contributed by atoms with E-state index in [1.54, 1.807) is 0 Å². The molecule has 3 rings (SSSR count). The maximum absolute atomic E-state index is 13.2. The molecule has 7 atom stereocenters. The first kappa shape index (κ1) is 23.6. The Morgan fingerprint density at radius 2 is 1.77 bits per heavy atom. The van der Waals surface area contributed by atoms with Crippen molar-refractivity contribution in [1.29, 1.82) is 0 Å². The molecule has 172 valence electrons. The summed E-state index contributed by atoms with van der Waals surface area (Å²) >= 11 is 0. The molecule has 4 unspecified atom stereocenters. The maximum atomic E-state index is 13.2. The number of carbonyl (C=O) groups is 2. The highest BCUT2D eigenvalue weighted by Gasteiger charge is 2.59. The highest BCUT2D eigenvalue weighted by Crippen LogP contribution is 2.64. The third-order valence-electron chi connectivity index (χ3n) is 9.31. The molecule has 3 aliphatic carbocycles. The van der Waals surface area contributed by atoms with Gasteiger partial charge in [0.05, 0.1) is 11.5 Å². The van der Waals surface area contributed by atoms with Gasteiger partial charge in [0, 0.05) is 0 Å². The molecule has 0 aromatic carbocycles. The van der Waals surface area contributed by atoms with E-state index in [0.29, 0.717) is 5.92 Å². The molecule has 4 heteroatoms. The van der Waals surface area contributed by atoms with Gasteiger partial charge in [0.2, 0.25) is 0 Å². The van der Waals surface area contributed by atoms with Gasteiger partial charge < -0.3 is 9.47 Å². The molecular weight excluding hydrogens is 376 g/mol. The van der Waals surface area contributed by atoms with Gasteiger partial charge in [-0.3, -0.25) is 4.79 Å². The summed E-state index contributed by atoms with van der Waals surface area (Å²) in [6, 6.07) is 0. The van der Waals surface area contributed by atoms with Gasteiger partial charge in [0.25, 0.3) is 0 Å². The lowest BCUT2D eigenvalue weighted by Crippen LogP contribution is -2.56. The van der Waals surface area contributed by atoms with E-state index in [4.69, 9.17) is 9.47 Å². The Balaban J connectivity index is 1.69. The molecule has 0 heterocycles. The topological polar surface area (TPSA) is 52.6 Å². The van der Waals surface area contributed by atoms with Crippen molar-refractivity contribution in [1.82, 2.24) is 0 Å². The second-order valence-corrected chi connectivity index (χ2v) is 11.4. The minimum atomic E-state index is -0.483. The Hall–Kier alpha value is -1.06. The largest absolute Gasteiger partial charge is 0.460 e. The monoisotopic (exact) mass is 420 g/mol. The molecule has 4 nitrogen and oxygen atoms in total. The predicted octanol–water partition coefficient (Wildman–Crippen LogP) is 6.17. The lowest BCUT2D eigenvalue weighted by atomic mass is 9.43. The van der Waals surface area contributed by atoms with Crippen molar-refractivity contribution in [2.24, 2.45) is 40.4 Å². The molecule has 0 saturated heterocycles. The molecular formula is C26H44O4. The van der Waals surface area contributed by atoms with Crippen molar-refractivity contribution in [2.45, 2.75) is 105 Å². The van der Waals surface area contributed by atoms with Crippen LogP contribution in [0.4, 0.5) is 0 Å². The molecule has 0 amide bonds. The molecule has 3 saturated carbocycles. The Morgan fingerprint density at radius 3 is 2.43 bits per heavy atom. The summed E-state index contributed by atoms with van der Waals surface area (Å²) in [5.41, 5.74) is -0.266. The van der Waals surface area contributed by atoms with E-state index in [1.807, 2.05) is 13.8 Å². The fourth-order valence-electron chi connectivity index (χ4n) is 7.35. The van der Waals surface area contributed by atoms with Crippen LogP contribution < -0.4 is 0 Å². The fourth-order valence-corrected chi connectivity index (χ4v) is 7.35. The zero-order chi connectivity index (χ0) is 22.1. The van der Waals surface area contributed by atoms with Crippen LogP contribution in [0.15, 0.2) is 0 Å². The van der Waals surface area contributed by atoms with Crippen LogP contribution in [-0.4, -0.2) is 24.6 Å². The zero-order valence-corrected chi connectivity index (χ0v) is 20.2. The highest BCUT2D eigenvalue weighted by molar-refractivity contribution is 5.80. The Kier molecular flexibility index (Phi) is 7.24. The van der Waals surface area contributed by atoms with Gasteiger partial charge in [0.1, 0.15) is 0 Å². The average Bonchev–Trinajstić information content (AvgIpc) is 2.71. The van der Waals surface area contributed by atoms with Crippen molar-refractivity contribution >= 4 is 11.9 Å². The van der Waals surface area contributed by atoms with E-state index in [9.17, 15) is 9.59 Å². The van der Waals surface area contributed by atoms with E-state index >= 15 is 0 Å². The van der Waals surface area contributed by atoms with E-state index < -0.39 is 11.4 Å². The van der Waals surface area contributed by atoms with Crippen molar-refractivity contribution in [3.63, 3.8) is 0 Å². The van der Waals surface area contributed by atoms with Crippen molar-refractivity contribution < 1.29 is 19.1 Å². The predicted molar refractivity (Wildman–Crippen MR) is 119 cm³/mol. The number of hydrogen-bond acceptors (Lipinski definition) is 4. The molecule has 0 aromatic heterocycles. The molecule has 0 N–H and O–H groups in total. The molecule has 0 spiro atoms. The Morgan fingerprint density at radius 1 is 1.03 bits per heavy atom. The molecule has 3 aliphatic rings. The summed E-state index contributed by atoms with van der Waals surface area (Å²) in [7, 11) is 0. The van der Waals surface area contributed by atoms with Gasteiger partial charge in [-0.2, -0.15) is 0 Å². The van der Waals surface area contributed by atoms with E-state index in [0.717, 1.165) is 49.4 Å². The second kappa shape index (κ2) is 9.20. The Labute approximate surface area is 183 Å². The third kappa shape index (κ3) is 4.43. The molecule has 0 radical (unpaired) electrons. The molecule has 3 fully saturated rings. The van der Waals surface area contributed by atoms with Gasteiger partial charge in [-0.15, -0.1) is 0 Å². The maximum Gasteiger partial charge on any atom is 0.344 e. The number of esters is 2. The minimum Gasteiger partial charge on any atom is -0.460 e. The third-order valence-corrected chi connectivity index (χ3v) is 9.31. The lowest BCUT2D eigenvalue weighted by Gasteiger charge is -2.61. The van der Waals surface area contributed by atoms with Crippen molar-refractivity contribution in [3.05, 3.63) is 0 Å². The van der Waals surface area contributed by atoms with Crippen molar-refractivity contribution in [3.8, 4) is 0 Å². The Bertz CT molecular complexity index is 629. The standard InChI is InChI=1S/C26H44O4/c1-7-18(4)30-23(27)16-29-24(28)26(6)14-8-13-25(5)21-11-9-19(17(2)3)15-20(21)10-12-22(25)26/h17-22H,7-16H2,1-6H3/t18?,19?,20?,21-,22?,25+,26+/m0/s1. The van der Waals surface area contributed by atoms with E-state index in [-0.39, 0.29) is 24.1 Å². The molecule has 0 aliphatic heterocycles. The summed E-state index contributed by atoms with van der Waals surface area (Å²) in [4.78, 5) is 25.3. The van der Waals surface area contributed by atoms with Crippen LogP contribution in [0.5, 0.6) is 0 Å². The minimum absolute atomic E-state index is 0.138. The van der Waals surface area contributed by atoms with Crippen LogP contribution in [0.1, 0.15) is 99.3 Å². The second-order valence-electron chi connectivity index (χ2n) is 11.4. The van der Waals surface area contributed by atoms with Crippen LogP contribution in [-0.2, 0) is 19.1 Å². The number of carbonyl (C=O) groups excluding carboxylic acids is 2. The molecule has 0 bridgehead atoms. The smallest absolute Gasteiger partial charge is 0.344 e. The first-order valence-electron chi connectivity index (χ1n) is 12.5.